The second-order valence-corrected chi connectivity index (χ2v) is 2.97. The smallest absolute Gasteiger partial charge is 0.272 e. The molecule has 0 radical (unpaired) electrons. The van der Waals surface area contributed by atoms with Gasteiger partial charge in [0.25, 0.3) is 5.18 Å². The highest BCUT2D eigenvalue weighted by molar-refractivity contribution is 6.36. The minimum Gasteiger partial charge on any atom is -0.339 e. The average molecular weight is 184 g/mol. The first-order valence-corrected chi connectivity index (χ1v) is 3.56. The molecule has 0 aromatic heterocycles. The second kappa shape index (κ2) is 2.66. The van der Waals surface area contributed by atoms with Gasteiger partial charge in [0.1, 0.15) is 0 Å². The van der Waals surface area contributed by atoms with Gasteiger partial charge in [0.05, 0.1) is 6.61 Å². The van der Waals surface area contributed by atoms with Crippen LogP contribution in [0.25, 0.3) is 0 Å². The largest absolute Gasteiger partial charge is 0.339 e. The quantitative estimate of drug-likeness (QED) is 0.345. The van der Waals surface area contributed by atoms with Gasteiger partial charge in [-0.25, -0.2) is 0 Å². The average Bonchev–Trinajstić information content (AvgIpc) is 2.15. The van der Waals surface area contributed by atoms with Crippen LogP contribution in [0.15, 0.2) is 0 Å². The molecule has 3 nitrogen and oxygen atoms in total. The van der Waals surface area contributed by atoms with Crippen LogP contribution in [-0.2, 0) is 9.53 Å². The number of halogens is 2. The zero-order valence-electron chi connectivity index (χ0n) is 5.43. The molecule has 1 rings (SSSR count). The monoisotopic (exact) mass is 183 g/mol. The van der Waals surface area contributed by atoms with Crippen molar-refractivity contribution in [2.75, 3.05) is 13.2 Å². The van der Waals surface area contributed by atoms with E-state index in [1.807, 2.05) is 0 Å². The number of Topliss-reactive ketones (excluding diaryl/α,β-unsaturated/α-hetero) is 1. The van der Waals surface area contributed by atoms with E-state index in [1.165, 1.54) is 6.92 Å². The third kappa shape index (κ3) is 1.14. The van der Waals surface area contributed by atoms with Gasteiger partial charge in [-0.1, -0.05) is 11.6 Å². The number of ether oxygens (including phenoxy) is 1. The Labute approximate surface area is 68.9 Å². The van der Waals surface area contributed by atoms with E-state index in [4.69, 9.17) is 28.1 Å². The van der Waals surface area contributed by atoms with Crippen LogP contribution in [0.2, 0.25) is 0 Å². The Morgan fingerprint density at radius 3 is 2.60 bits per heavy atom. The molecule has 10 heavy (non-hydrogen) atoms. The van der Waals surface area contributed by atoms with Crippen molar-refractivity contribution in [1.82, 2.24) is 4.42 Å². The Hall–Kier alpha value is 0.170. The molecule has 1 atom stereocenters. The molecule has 0 aromatic carbocycles. The maximum atomic E-state index is 10.8. The van der Waals surface area contributed by atoms with E-state index in [-0.39, 0.29) is 5.78 Å². The van der Waals surface area contributed by atoms with Crippen molar-refractivity contribution in [3.05, 3.63) is 0 Å². The Bertz CT molecular complexity index is 164. The molecule has 0 bridgehead atoms. The topological polar surface area (TPSA) is 29.5 Å². The minimum atomic E-state index is -1.42. The summed E-state index contributed by atoms with van der Waals surface area (Å²) < 4.78 is 6.09. The van der Waals surface area contributed by atoms with E-state index in [0.29, 0.717) is 13.2 Å². The Balaban J connectivity index is 2.75. The van der Waals surface area contributed by atoms with Crippen molar-refractivity contribution in [1.29, 1.82) is 0 Å². The maximum absolute atomic E-state index is 10.8. The predicted octanol–water partition coefficient (Wildman–Crippen LogP) is 0.954. The van der Waals surface area contributed by atoms with E-state index in [9.17, 15) is 4.79 Å². The van der Waals surface area contributed by atoms with Crippen molar-refractivity contribution in [2.24, 2.45) is 0 Å². The first-order chi connectivity index (χ1) is 4.57. The van der Waals surface area contributed by atoms with Crippen molar-refractivity contribution in [3.63, 3.8) is 0 Å². The van der Waals surface area contributed by atoms with Gasteiger partial charge in [0, 0.05) is 13.5 Å². The first-order valence-electron chi connectivity index (χ1n) is 2.84. The van der Waals surface area contributed by atoms with Gasteiger partial charge in [-0.05, 0) is 11.8 Å². The summed E-state index contributed by atoms with van der Waals surface area (Å²) in [6.45, 7) is 2.21. The van der Waals surface area contributed by atoms with Crippen LogP contribution in [0.3, 0.4) is 0 Å². The maximum Gasteiger partial charge on any atom is 0.272 e. The third-order valence-corrected chi connectivity index (χ3v) is 2.40. The Morgan fingerprint density at radius 1 is 1.80 bits per heavy atom. The van der Waals surface area contributed by atoms with E-state index >= 15 is 0 Å². The molecule has 1 unspecified atom stereocenters. The van der Waals surface area contributed by atoms with Crippen molar-refractivity contribution in [3.8, 4) is 0 Å². The van der Waals surface area contributed by atoms with Gasteiger partial charge in [-0.2, -0.15) is 4.42 Å². The molecule has 0 N–H and O–H groups in total. The fourth-order valence-electron chi connectivity index (χ4n) is 0.747. The Kier molecular flexibility index (Phi) is 2.20. The lowest BCUT2D eigenvalue weighted by Gasteiger charge is -2.21. The highest BCUT2D eigenvalue weighted by Gasteiger charge is 2.44. The molecule has 0 spiro atoms. The normalized spacial score (nSPS) is 34.7. The minimum absolute atomic E-state index is 0.290. The van der Waals surface area contributed by atoms with Gasteiger partial charge < -0.3 is 4.74 Å². The van der Waals surface area contributed by atoms with Crippen LogP contribution in [0.4, 0.5) is 0 Å². The molecule has 58 valence electrons. The zero-order valence-corrected chi connectivity index (χ0v) is 6.95. The van der Waals surface area contributed by atoms with E-state index in [0.717, 1.165) is 4.42 Å². The van der Waals surface area contributed by atoms with Crippen LogP contribution in [0, 0.1) is 0 Å². The summed E-state index contributed by atoms with van der Waals surface area (Å²) in [6, 6.07) is 0. The summed E-state index contributed by atoms with van der Waals surface area (Å²) in [5, 5.41) is -1.42. The van der Waals surface area contributed by atoms with Gasteiger partial charge in [0.15, 0.2) is 5.78 Å². The SMILES string of the molecule is CC(=O)C1(Cl)OCCN1Cl. The Morgan fingerprint density at radius 2 is 2.40 bits per heavy atom. The second-order valence-electron chi connectivity index (χ2n) is 2.05. The number of carbonyl (C=O) groups excluding carboxylic acids is 1. The lowest BCUT2D eigenvalue weighted by molar-refractivity contribution is -0.133. The van der Waals surface area contributed by atoms with Crippen molar-refractivity contribution >= 4 is 29.2 Å². The van der Waals surface area contributed by atoms with Gasteiger partial charge in [0.2, 0.25) is 0 Å². The summed E-state index contributed by atoms with van der Waals surface area (Å²) in [5.74, 6) is -0.290. The van der Waals surface area contributed by atoms with E-state index < -0.39 is 5.18 Å². The molecule has 1 heterocycles. The molecular formula is C5H7Cl2NO2. The molecule has 0 saturated carbocycles. The van der Waals surface area contributed by atoms with Gasteiger partial charge >= 0.3 is 0 Å². The highest BCUT2D eigenvalue weighted by Crippen LogP contribution is 2.30. The van der Waals surface area contributed by atoms with E-state index in [2.05, 4.69) is 0 Å². The molecule has 1 saturated heterocycles. The molecule has 0 amide bonds. The van der Waals surface area contributed by atoms with Crippen molar-refractivity contribution < 1.29 is 9.53 Å². The molecule has 0 aliphatic carbocycles. The molecule has 5 heteroatoms. The van der Waals surface area contributed by atoms with Crippen LogP contribution in [-0.4, -0.2) is 28.5 Å². The summed E-state index contributed by atoms with van der Waals surface area (Å²) in [7, 11) is 0. The summed E-state index contributed by atoms with van der Waals surface area (Å²) in [6.07, 6.45) is 0. The summed E-state index contributed by atoms with van der Waals surface area (Å²) in [4.78, 5) is 10.8. The molecule has 0 aromatic rings. The molecule has 1 aliphatic heterocycles. The zero-order chi connectivity index (χ0) is 7.78. The number of hydrogen-bond acceptors (Lipinski definition) is 3. The molecular weight excluding hydrogens is 177 g/mol. The summed E-state index contributed by atoms with van der Waals surface area (Å²) in [5.41, 5.74) is 0. The number of alkyl halides is 1. The number of nitrogens with zero attached hydrogens (tertiary/aromatic N) is 1. The lowest BCUT2D eigenvalue weighted by atomic mass is 10.4. The van der Waals surface area contributed by atoms with Crippen LogP contribution < -0.4 is 0 Å². The standard InChI is InChI=1S/C5H7Cl2NO2/c1-4(9)5(6)8(7)2-3-10-5/h2-3H2,1H3. The van der Waals surface area contributed by atoms with Crippen LogP contribution >= 0.6 is 23.4 Å². The van der Waals surface area contributed by atoms with Crippen molar-refractivity contribution in [2.45, 2.75) is 12.1 Å². The predicted molar refractivity (Wildman–Crippen MR) is 37.8 cm³/mol. The van der Waals surface area contributed by atoms with Gasteiger partial charge in [-0.15, -0.1) is 0 Å². The van der Waals surface area contributed by atoms with E-state index in [1.54, 1.807) is 0 Å². The number of rotatable bonds is 1. The number of hydrogen-bond donors (Lipinski definition) is 0. The molecule has 1 aliphatic rings. The fraction of sp³-hybridized carbons (Fsp3) is 0.800. The fourth-order valence-corrected chi connectivity index (χ4v) is 1.15. The summed E-state index contributed by atoms with van der Waals surface area (Å²) >= 11 is 11.2. The van der Waals surface area contributed by atoms with Gasteiger partial charge in [-0.3, -0.25) is 4.79 Å². The third-order valence-electron chi connectivity index (χ3n) is 1.33. The lowest BCUT2D eigenvalue weighted by Crippen LogP contribution is -2.40. The number of ketones is 1. The number of carbonyl (C=O) groups is 1. The molecule has 1 fully saturated rings. The van der Waals surface area contributed by atoms with Crippen LogP contribution in [0.1, 0.15) is 6.92 Å². The van der Waals surface area contributed by atoms with Crippen LogP contribution in [0.5, 0.6) is 0 Å². The highest BCUT2D eigenvalue weighted by atomic mass is 35.5. The first kappa shape index (κ1) is 8.27.